The molecular formula is C13H16N2S. The van der Waals surface area contributed by atoms with Crippen LogP contribution in [0.2, 0.25) is 0 Å². The Kier molecular flexibility index (Phi) is 3.08. The quantitative estimate of drug-likeness (QED) is 0.863. The number of benzene rings is 1. The number of aryl methyl sites for hydroxylation is 3. The lowest BCUT2D eigenvalue weighted by Gasteiger charge is -2.08. The van der Waals surface area contributed by atoms with E-state index in [4.69, 9.17) is 5.73 Å². The monoisotopic (exact) mass is 232 g/mol. The van der Waals surface area contributed by atoms with Gasteiger partial charge in [0, 0.05) is 12.7 Å². The molecule has 1 heterocycles. The first-order valence-corrected chi connectivity index (χ1v) is 6.16. The Bertz CT molecular complexity index is 491. The first-order valence-electron chi connectivity index (χ1n) is 5.35. The Morgan fingerprint density at radius 1 is 1.19 bits per heavy atom. The van der Waals surface area contributed by atoms with Crippen LogP contribution in [0.5, 0.6) is 0 Å². The Balaban J connectivity index is 2.55. The highest BCUT2D eigenvalue weighted by Gasteiger charge is 2.09. The SMILES string of the molecule is Cc1cc(C)c(-c2cnc(CN)s2)c(C)c1. The molecule has 0 amide bonds. The summed E-state index contributed by atoms with van der Waals surface area (Å²) in [6, 6.07) is 4.42. The molecule has 0 radical (unpaired) electrons. The molecule has 0 saturated heterocycles. The molecule has 0 aliphatic heterocycles. The predicted molar refractivity (Wildman–Crippen MR) is 69.7 cm³/mol. The summed E-state index contributed by atoms with van der Waals surface area (Å²) in [5, 5.41) is 0.995. The predicted octanol–water partition coefficient (Wildman–Crippen LogP) is 3.19. The molecule has 2 rings (SSSR count). The number of hydrogen-bond donors (Lipinski definition) is 1. The number of nitrogens with zero attached hydrogens (tertiary/aromatic N) is 1. The van der Waals surface area contributed by atoms with E-state index in [0.29, 0.717) is 6.54 Å². The lowest BCUT2D eigenvalue weighted by Crippen LogP contribution is -1.93. The molecule has 0 saturated carbocycles. The highest BCUT2D eigenvalue weighted by atomic mass is 32.1. The van der Waals surface area contributed by atoms with E-state index < -0.39 is 0 Å². The molecule has 2 nitrogen and oxygen atoms in total. The van der Waals surface area contributed by atoms with Gasteiger partial charge in [-0.25, -0.2) is 4.98 Å². The second kappa shape index (κ2) is 4.36. The molecule has 16 heavy (non-hydrogen) atoms. The summed E-state index contributed by atoms with van der Waals surface area (Å²) in [4.78, 5) is 5.53. The van der Waals surface area contributed by atoms with Crippen LogP contribution in [0.25, 0.3) is 10.4 Å². The minimum Gasteiger partial charge on any atom is -0.325 e. The molecule has 1 aromatic carbocycles. The van der Waals surface area contributed by atoms with Crippen molar-refractivity contribution in [2.75, 3.05) is 0 Å². The lowest BCUT2D eigenvalue weighted by molar-refractivity contribution is 1.04. The molecule has 0 aliphatic carbocycles. The molecule has 84 valence electrons. The molecule has 2 N–H and O–H groups in total. The zero-order valence-corrected chi connectivity index (χ0v) is 10.7. The molecule has 0 unspecified atom stereocenters. The van der Waals surface area contributed by atoms with E-state index in [-0.39, 0.29) is 0 Å². The van der Waals surface area contributed by atoms with Crippen LogP contribution >= 0.6 is 11.3 Å². The minimum atomic E-state index is 0.522. The summed E-state index contributed by atoms with van der Waals surface area (Å²) >= 11 is 1.68. The van der Waals surface area contributed by atoms with Gasteiger partial charge >= 0.3 is 0 Å². The second-order valence-electron chi connectivity index (χ2n) is 4.10. The standard InChI is InChI=1S/C13H16N2S/c1-8-4-9(2)13(10(3)5-8)11-7-15-12(6-14)16-11/h4-5,7H,6,14H2,1-3H3. The average molecular weight is 232 g/mol. The van der Waals surface area contributed by atoms with Crippen molar-refractivity contribution in [3.8, 4) is 10.4 Å². The van der Waals surface area contributed by atoms with Crippen LogP contribution in [-0.2, 0) is 6.54 Å². The smallest absolute Gasteiger partial charge is 0.107 e. The Labute approximate surface area is 100 Å². The summed E-state index contributed by atoms with van der Waals surface area (Å²) < 4.78 is 0. The van der Waals surface area contributed by atoms with Crippen molar-refractivity contribution >= 4 is 11.3 Å². The minimum absolute atomic E-state index is 0.522. The van der Waals surface area contributed by atoms with Gasteiger partial charge in [-0.05, 0) is 37.5 Å². The first-order chi connectivity index (χ1) is 7.61. The van der Waals surface area contributed by atoms with Crippen LogP contribution in [-0.4, -0.2) is 4.98 Å². The van der Waals surface area contributed by atoms with Crippen LogP contribution in [0.3, 0.4) is 0 Å². The van der Waals surface area contributed by atoms with Gasteiger partial charge < -0.3 is 5.73 Å². The summed E-state index contributed by atoms with van der Waals surface area (Å²) in [5.41, 5.74) is 10.8. The molecule has 1 aromatic heterocycles. The molecule has 0 atom stereocenters. The third kappa shape index (κ3) is 2.01. The number of hydrogen-bond acceptors (Lipinski definition) is 3. The van der Waals surface area contributed by atoms with E-state index in [0.717, 1.165) is 5.01 Å². The van der Waals surface area contributed by atoms with Crippen molar-refractivity contribution in [1.82, 2.24) is 4.98 Å². The van der Waals surface area contributed by atoms with Gasteiger partial charge in [-0.1, -0.05) is 17.7 Å². The van der Waals surface area contributed by atoms with Crippen molar-refractivity contribution in [3.05, 3.63) is 40.0 Å². The van der Waals surface area contributed by atoms with Gasteiger partial charge in [0.25, 0.3) is 0 Å². The molecule has 2 aromatic rings. The van der Waals surface area contributed by atoms with Gasteiger partial charge in [-0.2, -0.15) is 0 Å². The van der Waals surface area contributed by atoms with Gasteiger partial charge in [-0.15, -0.1) is 11.3 Å². The van der Waals surface area contributed by atoms with E-state index in [9.17, 15) is 0 Å². The third-order valence-electron chi connectivity index (χ3n) is 2.65. The van der Waals surface area contributed by atoms with Gasteiger partial charge in [0.2, 0.25) is 0 Å². The maximum Gasteiger partial charge on any atom is 0.107 e. The van der Waals surface area contributed by atoms with Crippen molar-refractivity contribution in [3.63, 3.8) is 0 Å². The van der Waals surface area contributed by atoms with E-state index in [1.54, 1.807) is 11.3 Å². The first kappa shape index (κ1) is 11.3. The Morgan fingerprint density at radius 3 is 2.31 bits per heavy atom. The average Bonchev–Trinajstić information content (AvgIpc) is 2.64. The molecule has 3 heteroatoms. The van der Waals surface area contributed by atoms with Crippen LogP contribution in [0.4, 0.5) is 0 Å². The topological polar surface area (TPSA) is 38.9 Å². The van der Waals surface area contributed by atoms with Crippen LogP contribution in [0.1, 0.15) is 21.7 Å². The fraction of sp³-hybridized carbons (Fsp3) is 0.308. The van der Waals surface area contributed by atoms with Gasteiger partial charge in [-0.3, -0.25) is 0 Å². The molecule has 0 aliphatic rings. The Morgan fingerprint density at radius 2 is 1.81 bits per heavy atom. The summed E-state index contributed by atoms with van der Waals surface area (Å²) in [7, 11) is 0. The highest BCUT2D eigenvalue weighted by Crippen LogP contribution is 2.32. The van der Waals surface area contributed by atoms with Crippen molar-refractivity contribution in [2.45, 2.75) is 27.3 Å². The third-order valence-corrected chi connectivity index (χ3v) is 3.69. The van der Waals surface area contributed by atoms with Crippen molar-refractivity contribution in [2.24, 2.45) is 5.73 Å². The second-order valence-corrected chi connectivity index (χ2v) is 5.21. The lowest BCUT2D eigenvalue weighted by atomic mass is 9.99. The zero-order valence-electron chi connectivity index (χ0n) is 9.87. The molecule has 0 bridgehead atoms. The Hall–Kier alpha value is -1.19. The van der Waals surface area contributed by atoms with E-state index in [2.05, 4.69) is 37.9 Å². The van der Waals surface area contributed by atoms with Gasteiger partial charge in [0.15, 0.2) is 0 Å². The molecule has 0 fully saturated rings. The van der Waals surface area contributed by atoms with E-state index in [1.807, 2.05) is 6.20 Å². The zero-order chi connectivity index (χ0) is 11.7. The highest BCUT2D eigenvalue weighted by molar-refractivity contribution is 7.15. The van der Waals surface area contributed by atoms with Crippen LogP contribution in [0.15, 0.2) is 18.3 Å². The molecular weight excluding hydrogens is 216 g/mol. The van der Waals surface area contributed by atoms with Crippen molar-refractivity contribution < 1.29 is 0 Å². The number of thiazole rings is 1. The van der Waals surface area contributed by atoms with Gasteiger partial charge in [0.05, 0.1) is 4.88 Å². The fourth-order valence-corrected chi connectivity index (χ4v) is 3.06. The van der Waals surface area contributed by atoms with Gasteiger partial charge in [0.1, 0.15) is 5.01 Å². The summed E-state index contributed by atoms with van der Waals surface area (Å²) in [5.74, 6) is 0. The maximum absolute atomic E-state index is 5.59. The summed E-state index contributed by atoms with van der Waals surface area (Å²) in [6.45, 7) is 6.95. The van der Waals surface area contributed by atoms with Crippen LogP contribution in [0, 0.1) is 20.8 Å². The van der Waals surface area contributed by atoms with Crippen molar-refractivity contribution in [1.29, 1.82) is 0 Å². The number of nitrogens with two attached hydrogens (primary N) is 1. The number of rotatable bonds is 2. The molecule has 0 spiro atoms. The number of aromatic nitrogens is 1. The summed E-state index contributed by atoms with van der Waals surface area (Å²) in [6.07, 6.45) is 1.93. The van der Waals surface area contributed by atoms with E-state index >= 15 is 0 Å². The normalized spacial score (nSPS) is 10.8. The largest absolute Gasteiger partial charge is 0.325 e. The van der Waals surface area contributed by atoms with Crippen LogP contribution < -0.4 is 5.73 Å². The fourth-order valence-electron chi connectivity index (χ4n) is 2.09. The van der Waals surface area contributed by atoms with E-state index in [1.165, 1.54) is 27.1 Å². The maximum atomic E-state index is 5.59.